The molecule has 5 aromatic rings. The number of nitrogens with zero attached hydrogens (tertiary/aromatic N) is 4. The summed E-state index contributed by atoms with van der Waals surface area (Å²) in [4.78, 5) is 25.9. The van der Waals surface area contributed by atoms with Gasteiger partial charge in [-0.25, -0.2) is 0 Å². The van der Waals surface area contributed by atoms with Crippen LogP contribution in [0.5, 0.6) is 0 Å². The molecule has 0 atom stereocenters. The number of fused-ring (bicyclic) bond motifs is 2. The van der Waals surface area contributed by atoms with Crippen molar-refractivity contribution in [2.24, 2.45) is 0 Å². The summed E-state index contributed by atoms with van der Waals surface area (Å²) in [6.07, 6.45) is 9.71. The van der Waals surface area contributed by atoms with Crippen molar-refractivity contribution in [3.63, 3.8) is 0 Å². The maximum atomic E-state index is 13.8. The van der Waals surface area contributed by atoms with Crippen LogP contribution in [-0.4, -0.2) is 29.7 Å². The lowest BCUT2D eigenvalue weighted by molar-refractivity contribution is 0.277. The number of hydrogen-bond acceptors (Lipinski definition) is 5. The highest BCUT2D eigenvalue weighted by atomic mass is 16.3. The molecule has 1 aliphatic carbocycles. The molecule has 168 valence electrons. The van der Waals surface area contributed by atoms with Gasteiger partial charge in [-0.2, -0.15) is 9.61 Å². The molecule has 7 nitrogen and oxygen atoms in total. The van der Waals surface area contributed by atoms with E-state index in [0.29, 0.717) is 28.0 Å². The van der Waals surface area contributed by atoms with Crippen LogP contribution in [0.15, 0.2) is 71.8 Å². The van der Waals surface area contributed by atoms with Crippen molar-refractivity contribution in [1.29, 1.82) is 0 Å². The number of aromatic amines is 1. The molecular weight excluding hydrogens is 426 g/mol. The molecule has 0 radical (unpaired) electrons. The topological polar surface area (TPSA) is 96.2 Å². The molecule has 0 spiro atoms. The Kier molecular flexibility index (Phi) is 5.04. The molecule has 2 aromatic carbocycles. The first-order valence-electron chi connectivity index (χ1n) is 11.5. The summed E-state index contributed by atoms with van der Waals surface area (Å²) < 4.78 is 1.45. The van der Waals surface area contributed by atoms with Crippen LogP contribution in [0, 0.1) is 0 Å². The Hall–Kier alpha value is -4.10. The van der Waals surface area contributed by atoms with Crippen molar-refractivity contribution < 1.29 is 5.11 Å². The minimum atomic E-state index is -0.302. The SMILES string of the molecule is O=c1c(-c2ccc3nccnc3c2)c(CO)[nH]c2c(C3=CCCCC3)c(-c3ccccc3)nn12. The molecule has 3 aromatic heterocycles. The summed E-state index contributed by atoms with van der Waals surface area (Å²) in [6, 6.07) is 15.4. The Morgan fingerprint density at radius 2 is 1.76 bits per heavy atom. The van der Waals surface area contributed by atoms with Gasteiger partial charge in [0.1, 0.15) is 11.3 Å². The molecule has 6 rings (SSSR count). The molecule has 0 aliphatic heterocycles. The molecule has 0 amide bonds. The normalized spacial score (nSPS) is 14.0. The third-order valence-electron chi connectivity index (χ3n) is 6.44. The van der Waals surface area contributed by atoms with E-state index in [9.17, 15) is 9.90 Å². The van der Waals surface area contributed by atoms with Crippen LogP contribution in [0.3, 0.4) is 0 Å². The van der Waals surface area contributed by atoms with Gasteiger partial charge in [0.15, 0.2) is 0 Å². The number of rotatable bonds is 4. The smallest absolute Gasteiger partial charge is 0.282 e. The maximum absolute atomic E-state index is 13.8. The number of aliphatic hydroxyl groups excluding tert-OH is 1. The zero-order valence-corrected chi connectivity index (χ0v) is 18.5. The van der Waals surface area contributed by atoms with Gasteiger partial charge in [0.2, 0.25) is 0 Å². The molecule has 0 bridgehead atoms. The van der Waals surface area contributed by atoms with Crippen LogP contribution in [0.4, 0.5) is 0 Å². The van der Waals surface area contributed by atoms with Crippen molar-refractivity contribution in [3.05, 3.63) is 88.6 Å². The first kappa shape index (κ1) is 20.5. The molecule has 1 aliphatic rings. The van der Waals surface area contributed by atoms with Gasteiger partial charge in [-0.1, -0.05) is 42.5 Å². The van der Waals surface area contributed by atoms with Gasteiger partial charge in [-0.05, 0) is 49.0 Å². The summed E-state index contributed by atoms with van der Waals surface area (Å²) in [5, 5.41) is 15.1. The number of H-pyrrole nitrogens is 1. The fraction of sp³-hybridized carbons (Fsp3) is 0.185. The zero-order valence-electron chi connectivity index (χ0n) is 18.5. The number of allylic oxidation sites excluding steroid dienone is 2. The third kappa shape index (κ3) is 3.33. The Morgan fingerprint density at radius 1 is 0.941 bits per heavy atom. The van der Waals surface area contributed by atoms with E-state index in [4.69, 9.17) is 5.10 Å². The summed E-state index contributed by atoms with van der Waals surface area (Å²) in [6.45, 7) is -0.302. The van der Waals surface area contributed by atoms with Gasteiger partial charge in [0.05, 0.1) is 28.9 Å². The van der Waals surface area contributed by atoms with Crippen LogP contribution in [0.25, 0.3) is 44.6 Å². The second-order valence-electron chi connectivity index (χ2n) is 8.53. The van der Waals surface area contributed by atoms with E-state index in [1.165, 1.54) is 10.1 Å². The number of benzene rings is 2. The largest absolute Gasteiger partial charge is 0.390 e. The Labute approximate surface area is 195 Å². The van der Waals surface area contributed by atoms with Crippen LogP contribution in [0.2, 0.25) is 0 Å². The van der Waals surface area contributed by atoms with Crippen LogP contribution < -0.4 is 5.56 Å². The second-order valence-corrected chi connectivity index (χ2v) is 8.53. The molecule has 3 heterocycles. The lowest BCUT2D eigenvalue weighted by atomic mass is 9.92. The molecular formula is C27H23N5O2. The lowest BCUT2D eigenvalue weighted by Gasteiger charge is -2.14. The van der Waals surface area contributed by atoms with E-state index >= 15 is 0 Å². The minimum Gasteiger partial charge on any atom is -0.390 e. The van der Waals surface area contributed by atoms with E-state index in [-0.39, 0.29) is 12.2 Å². The van der Waals surface area contributed by atoms with Gasteiger partial charge < -0.3 is 10.1 Å². The molecule has 0 fully saturated rings. The molecule has 2 N–H and O–H groups in total. The minimum absolute atomic E-state index is 0.277. The fourth-order valence-corrected chi connectivity index (χ4v) is 4.82. The number of aromatic nitrogens is 5. The first-order chi connectivity index (χ1) is 16.7. The quantitative estimate of drug-likeness (QED) is 0.413. The van der Waals surface area contributed by atoms with Gasteiger partial charge in [-0.3, -0.25) is 14.8 Å². The van der Waals surface area contributed by atoms with Crippen molar-refractivity contribution in [3.8, 4) is 22.4 Å². The van der Waals surface area contributed by atoms with Crippen LogP contribution in [-0.2, 0) is 6.61 Å². The van der Waals surface area contributed by atoms with Gasteiger partial charge in [0.25, 0.3) is 5.56 Å². The fourth-order valence-electron chi connectivity index (χ4n) is 4.82. The predicted octanol–water partition coefficient (Wildman–Crippen LogP) is 4.75. The highest BCUT2D eigenvalue weighted by Crippen LogP contribution is 2.36. The highest BCUT2D eigenvalue weighted by Gasteiger charge is 2.24. The van der Waals surface area contributed by atoms with Crippen molar-refractivity contribution in [1.82, 2.24) is 24.6 Å². The van der Waals surface area contributed by atoms with E-state index in [1.54, 1.807) is 12.4 Å². The van der Waals surface area contributed by atoms with Crippen molar-refractivity contribution in [2.45, 2.75) is 32.3 Å². The third-order valence-corrected chi connectivity index (χ3v) is 6.44. The average Bonchev–Trinajstić information content (AvgIpc) is 3.29. The van der Waals surface area contributed by atoms with Crippen LogP contribution in [0.1, 0.15) is 36.9 Å². The van der Waals surface area contributed by atoms with Crippen molar-refractivity contribution in [2.75, 3.05) is 0 Å². The average molecular weight is 450 g/mol. The van der Waals surface area contributed by atoms with Gasteiger partial charge in [-0.15, -0.1) is 0 Å². The lowest BCUT2D eigenvalue weighted by Crippen LogP contribution is -2.20. The Balaban J connectivity index is 1.65. The maximum Gasteiger partial charge on any atom is 0.282 e. The summed E-state index contributed by atoms with van der Waals surface area (Å²) in [7, 11) is 0. The molecule has 0 unspecified atom stereocenters. The van der Waals surface area contributed by atoms with Crippen LogP contribution >= 0.6 is 0 Å². The number of nitrogens with one attached hydrogen (secondary N) is 1. The highest BCUT2D eigenvalue weighted by molar-refractivity contribution is 5.88. The predicted molar refractivity (Wildman–Crippen MR) is 132 cm³/mol. The molecule has 0 saturated carbocycles. The summed E-state index contributed by atoms with van der Waals surface area (Å²) >= 11 is 0. The molecule has 0 saturated heterocycles. The number of hydrogen-bond donors (Lipinski definition) is 2. The van der Waals surface area contributed by atoms with Gasteiger partial charge in [0, 0.05) is 23.5 Å². The van der Waals surface area contributed by atoms with E-state index in [0.717, 1.165) is 48.0 Å². The Morgan fingerprint density at radius 3 is 2.53 bits per heavy atom. The second kappa shape index (κ2) is 8.35. The molecule has 7 heteroatoms. The van der Waals surface area contributed by atoms with E-state index in [2.05, 4.69) is 21.0 Å². The van der Waals surface area contributed by atoms with E-state index in [1.807, 2.05) is 48.5 Å². The summed E-state index contributed by atoms with van der Waals surface area (Å²) in [5.74, 6) is 0. The van der Waals surface area contributed by atoms with E-state index < -0.39 is 0 Å². The number of aliphatic hydroxyl groups is 1. The Bertz CT molecular complexity index is 1620. The van der Waals surface area contributed by atoms with Crippen molar-refractivity contribution >= 4 is 22.3 Å². The summed E-state index contributed by atoms with van der Waals surface area (Å²) in [5.41, 5.74) is 7.12. The first-order valence-corrected chi connectivity index (χ1v) is 11.5. The monoisotopic (exact) mass is 449 g/mol. The zero-order chi connectivity index (χ0) is 23.1. The van der Waals surface area contributed by atoms with Gasteiger partial charge >= 0.3 is 0 Å². The molecule has 34 heavy (non-hydrogen) atoms. The standard InChI is InChI=1S/C27H23N5O2/c33-16-22-23(19-11-12-20-21(15-19)29-14-13-28-20)27(34)32-26(30-22)24(17-7-3-1-4-8-17)25(31-32)18-9-5-2-6-10-18/h2,5-7,9-15,30,33H,1,3-4,8,16H2.